The fourth-order valence-corrected chi connectivity index (χ4v) is 5.00. The van der Waals surface area contributed by atoms with E-state index in [0.717, 1.165) is 30.2 Å². The molecule has 24 heavy (non-hydrogen) atoms. The summed E-state index contributed by atoms with van der Waals surface area (Å²) in [6.07, 6.45) is 2.73. The van der Waals surface area contributed by atoms with Crippen molar-refractivity contribution in [2.75, 3.05) is 0 Å². The molecule has 0 aliphatic heterocycles. The minimum Gasteiger partial charge on any atom is -0.347 e. The first-order valence-corrected chi connectivity index (χ1v) is 9.62. The number of hydrogen-bond donors (Lipinski definition) is 1. The van der Waals surface area contributed by atoms with Gasteiger partial charge in [-0.05, 0) is 55.2 Å². The zero-order valence-corrected chi connectivity index (χ0v) is 14.4. The molecule has 1 aliphatic rings. The highest BCUT2D eigenvalue weighted by molar-refractivity contribution is 7.91. The van der Waals surface area contributed by atoms with Crippen molar-refractivity contribution in [3.63, 3.8) is 0 Å². The third-order valence-corrected chi connectivity index (χ3v) is 6.76. The summed E-state index contributed by atoms with van der Waals surface area (Å²) in [5.74, 6) is 0. The van der Waals surface area contributed by atoms with E-state index in [4.69, 9.17) is 5.73 Å². The summed E-state index contributed by atoms with van der Waals surface area (Å²) in [6, 6.07) is 14.2. The number of nitrogens with two attached hydrogens (primary N) is 1. The van der Waals surface area contributed by atoms with E-state index in [2.05, 4.69) is 4.57 Å². The smallest absolute Gasteiger partial charge is 0.206 e. The van der Waals surface area contributed by atoms with Crippen molar-refractivity contribution >= 4 is 20.7 Å². The van der Waals surface area contributed by atoms with Crippen LogP contribution < -0.4 is 5.73 Å². The van der Waals surface area contributed by atoms with E-state index in [0.29, 0.717) is 9.79 Å². The lowest BCUT2D eigenvalue weighted by Crippen LogP contribution is -2.28. The zero-order chi connectivity index (χ0) is 16.9. The lowest BCUT2D eigenvalue weighted by Gasteiger charge is -2.19. The quantitative estimate of drug-likeness (QED) is 0.780. The molecule has 2 aromatic carbocycles. The number of sulfone groups is 1. The van der Waals surface area contributed by atoms with E-state index in [1.54, 1.807) is 30.3 Å². The average Bonchev–Trinajstić information content (AvgIpc) is 2.87. The first kappa shape index (κ1) is 15.4. The topological polar surface area (TPSA) is 65.1 Å². The lowest BCUT2D eigenvalue weighted by molar-refractivity contribution is 0.562. The van der Waals surface area contributed by atoms with Gasteiger partial charge in [0.15, 0.2) is 0 Å². The van der Waals surface area contributed by atoms with Gasteiger partial charge in [0.1, 0.15) is 0 Å². The number of benzene rings is 2. The van der Waals surface area contributed by atoms with Gasteiger partial charge in [-0.15, -0.1) is 0 Å². The molecule has 1 aromatic heterocycles. The van der Waals surface area contributed by atoms with E-state index in [9.17, 15) is 8.42 Å². The third kappa shape index (κ3) is 2.27. The van der Waals surface area contributed by atoms with E-state index < -0.39 is 9.84 Å². The van der Waals surface area contributed by atoms with Crippen LogP contribution in [0.3, 0.4) is 0 Å². The zero-order valence-electron chi connectivity index (χ0n) is 13.6. The molecule has 1 aliphatic carbocycles. The second-order valence-corrected chi connectivity index (χ2v) is 8.43. The van der Waals surface area contributed by atoms with Crippen molar-refractivity contribution < 1.29 is 8.42 Å². The van der Waals surface area contributed by atoms with Crippen LogP contribution in [0.4, 0.5) is 0 Å². The maximum atomic E-state index is 12.9. The Labute approximate surface area is 141 Å². The molecule has 4 rings (SSSR count). The van der Waals surface area contributed by atoms with Crippen molar-refractivity contribution in [1.82, 2.24) is 4.57 Å². The number of aryl methyl sites for hydroxylation is 1. The van der Waals surface area contributed by atoms with Crippen molar-refractivity contribution in [3.8, 4) is 0 Å². The number of nitrogens with zero attached hydrogens (tertiary/aromatic N) is 1. The highest BCUT2D eigenvalue weighted by Gasteiger charge is 2.24. The van der Waals surface area contributed by atoms with Crippen molar-refractivity contribution in [2.24, 2.45) is 12.8 Å². The number of rotatable bonds is 2. The molecule has 0 radical (unpaired) electrons. The molecule has 1 heterocycles. The molecule has 3 aromatic rings. The monoisotopic (exact) mass is 340 g/mol. The van der Waals surface area contributed by atoms with Crippen LogP contribution in [0, 0.1) is 0 Å². The van der Waals surface area contributed by atoms with Gasteiger partial charge in [-0.1, -0.05) is 18.2 Å². The molecule has 0 saturated heterocycles. The molecule has 1 atom stereocenters. The van der Waals surface area contributed by atoms with Gasteiger partial charge < -0.3 is 10.3 Å². The Hall–Kier alpha value is -2.11. The van der Waals surface area contributed by atoms with E-state index in [-0.39, 0.29) is 6.04 Å². The SMILES string of the molecule is Cn1c2c(c3cc(S(=O)(=O)c4ccccc4)ccc31)CC(N)CC2. The molecule has 1 unspecified atom stereocenters. The molecule has 0 fully saturated rings. The fourth-order valence-electron chi connectivity index (χ4n) is 3.69. The van der Waals surface area contributed by atoms with Crippen LogP contribution >= 0.6 is 0 Å². The predicted molar refractivity (Wildman–Crippen MR) is 94.8 cm³/mol. The molecule has 0 saturated carbocycles. The van der Waals surface area contributed by atoms with Crippen LogP contribution in [0.15, 0.2) is 58.3 Å². The van der Waals surface area contributed by atoms with Gasteiger partial charge in [-0.2, -0.15) is 0 Å². The normalized spacial score (nSPS) is 17.8. The molecular formula is C19H20N2O2S. The van der Waals surface area contributed by atoms with Gasteiger partial charge >= 0.3 is 0 Å². The van der Waals surface area contributed by atoms with Gasteiger partial charge in [0.2, 0.25) is 9.84 Å². The Morgan fingerprint density at radius 2 is 1.83 bits per heavy atom. The van der Waals surface area contributed by atoms with Crippen LogP contribution in [0.1, 0.15) is 17.7 Å². The van der Waals surface area contributed by atoms with Crippen LogP contribution in [-0.2, 0) is 29.7 Å². The predicted octanol–water partition coefficient (Wildman–Crippen LogP) is 2.83. The van der Waals surface area contributed by atoms with Crippen molar-refractivity contribution in [1.29, 1.82) is 0 Å². The Balaban J connectivity index is 1.92. The molecule has 5 heteroatoms. The number of fused-ring (bicyclic) bond motifs is 3. The molecule has 0 bridgehead atoms. The van der Waals surface area contributed by atoms with Crippen molar-refractivity contribution in [3.05, 3.63) is 59.8 Å². The lowest BCUT2D eigenvalue weighted by atomic mass is 9.92. The third-order valence-electron chi connectivity index (χ3n) is 4.99. The number of aromatic nitrogens is 1. The van der Waals surface area contributed by atoms with Gasteiger partial charge in [0.25, 0.3) is 0 Å². The Morgan fingerprint density at radius 1 is 1.08 bits per heavy atom. The van der Waals surface area contributed by atoms with Crippen LogP contribution in [0.5, 0.6) is 0 Å². The van der Waals surface area contributed by atoms with E-state index >= 15 is 0 Å². The molecule has 0 amide bonds. The fraction of sp³-hybridized carbons (Fsp3) is 0.263. The molecular weight excluding hydrogens is 320 g/mol. The highest BCUT2D eigenvalue weighted by Crippen LogP contribution is 2.33. The standard InChI is InChI=1S/C19H20N2O2S/c1-21-18-9-7-13(20)11-16(18)17-12-15(8-10-19(17)21)24(22,23)14-5-3-2-4-6-14/h2-6,8,10,12-13H,7,9,11,20H2,1H3. The highest BCUT2D eigenvalue weighted by atomic mass is 32.2. The minimum absolute atomic E-state index is 0.150. The first-order chi connectivity index (χ1) is 11.5. The molecule has 124 valence electrons. The number of hydrogen-bond acceptors (Lipinski definition) is 3. The molecule has 0 spiro atoms. The summed E-state index contributed by atoms with van der Waals surface area (Å²) in [4.78, 5) is 0.666. The Bertz CT molecular complexity index is 1020. The molecule has 2 N–H and O–H groups in total. The summed E-state index contributed by atoms with van der Waals surface area (Å²) < 4.78 is 27.9. The Morgan fingerprint density at radius 3 is 2.58 bits per heavy atom. The van der Waals surface area contributed by atoms with E-state index in [1.165, 1.54) is 11.3 Å². The van der Waals surface area contributed by atoms with Crippen molar-refractivity contribution in [2.45, 2.75) is 35.1 Å². The van der Waals surface area contributed by atoms with Gasteiger partial charge in [-0.25, -0.2) is 8.42 Å². The van der Waals surface area contributed by atoms with Crippen LogP contribution in [-0.4, -0.2) is 19.0 Å². The summed E-state index contributed by atoms with van der Waals surface area (Å²) in [5.41, 5.74) is 9.69. The maximum Gasteiger partial charge on any atom is 0.206 e. The van der Waals surface area contributed by atoms with Gasteiger partial charge in [-0.3, -0.25) is 0 Å². The van der Waals surface area contributed by atoms with E-state index in [1.807, 2.05) is 25.2 Å². The average molecular weight is 340 g/mol. The summed E-state index contributed by atoms with van der Waals surface area (Å²) >= 11 is 0. The second kappa shape index (κ2) is 5.46. The summed E-state index contributed by atoms with van der Waals surface area (Å²) in [7, 11) is -1.46. The minimum atomic E-state index is -3.50. The first-order valence-electron chi connectivity index (χ1n) is 8.14. The summed E-state index contributed by atoms with van der Waals surface area (Å²) in [5, 5.41) is 1.01. The van der Waals surface area contributed by atoms with Crippen LogP contribution in [0.2, 0.25) is 0 Å². The second-order valence-electron chi connectivity index (χ2n) is 6.48. The van der Waals surface area contributed by atoms with Crippen LogP contribution in [0.25, 0.3) is 10.9 Å². The summed E-state index contributed by atoms with van der Waals surface area (Å²) in [6.45, 7) is 0. The van der Waals surface area contributed by atoms with Gasteiger partial charge in [0, 0.05) is 29.7 Å². The largest absolute Gasteiger partial charge is 0.347 e. The Kier molecular flexibility index (Phi) is 3.51. The maximum absolute atomic E-state index is 12.9. The van der Waals surface area contributed by atoms with Gasteiger partial charge in [0.05, 0.1) is 9.79 Å². The molecule has 4 nitrogen and oxygen atoms in total.